The van der Waals surface area contributed by atoms with E-state index >= 15 is 0 Å². The number of urea groups is 1. The number of carbonyl (C=O) groups is 5. The van der Waals surface area contributed by atoms with E-state index in [2.05, 4.69) is 21.3 Å². The van der Waals surface area contributed by atoms with Crippen molar-refractivity contribution >= 4 is 51.1 Å². The summed E-state index contributed by atoms with van der Waals surface area (Å²) in [5.41, 5.74) is 2.82. The molecule has 1 fully saturated rings. The monoisotopic (exact) mass is 748 g/mol. The number of para-hydroxylation sites is 1. The van der Waals surface area contributed by atoms with Crippen LogP contribution in [0.4, 0.5) is 16.2 Å². The molecule has 0 aliphatic carbocycles. The average molecular weight is 749 g/mol. The summed E-state index contributed by atoms with van der Waals surface area (Å²) in [6, 6.07) is 18.2. The number of sulfonamides is 1. The number of carboxylic acid groups (broad SMARTS) is 1. The van der Waals surface area contributed by atoms with Crippen LogP contribution in [0.1, 0.15) is 50.7 Å². The molecule has 15 heteroatoms. The Hall–Kier alpha value is -5.28. The molecule has 3 aromatic rings. The molecule has 4 rings (SSSR count). The van der Waals surface area contributed by atoms with Crippen LogP contribution in [0.5, 0.6) is 0 Å². The summed E-state index contributed by atoms with van der Waals surface area (Å²) in [5, 5.41) is 20.6. The summed E-state index contributed by atoms with van der Waals surface area (Å²) < 4.78 is 27.5. The molecule has 0 spiro atoms. The van der Waals surface area contributed by atoms with Gasteiger partial charge in [0.15, 0.2) is 0 Å². The molecule has 53 heavy (non-hydrogen) atoms. The first-order valence-electron chi connectivity index (χ1n) is 17.5. The molecule has 3 aromatic carbocycles. The lowest BCUT2D eigenvalue weighted by Crippen LogP contribution is -2.52. The van der Waals surface area contributed by atoms with E-state index in [4.69, 9.17) is 0 Å². The highest BCUT2D eigenvalue weighted by Crippen LogP contribution is 2.26. The number of amides is 5. The van der Waals surface area contributed by atoms with E-state index in [0.29, 0.717) is 29.8 Å². The summed E-state index contributed by atoms with van der Waals surface area (Å²) >= 11 is 0. The molecule has 1 heterocycles. The molecule has 0 unspecified atom stereocenters. The zero-order chi connectivity index (χ0) is 38.7. The largest absolute Gasteiger partial charge is 0.480 e. The van der Waals surface area contributed by atoms with Crippen molar-refractivity contribution in [3.8, 4) is 0 Å². The summed E-state index contributed by atoms with van der Waals surface area (Å²) in [5.74, 6) is -2.80. The lowest BCUT2D eigenvalue weighted by Gasteiger charge is -2.29. The van der Waals surface area contributed by atoms with Crippen molar-refractivity contribution in [1.29, 1.82) is 0 Å². The van der Waals surface area contributed by atoms with E-state index in [1.54, 1.807) is 48.5 Å². The summed E-state index contributed by atoms with van der Waals surface area (Å²) in [6.07, 6.45) is 0.863. The van der Waals surface area contributed by atoms with E-state index in [0.717, 1.165) is 9.87 Å². The second kappa shape index (κ2) is 18.5. The zero-order valence-electron chi connectivity index (χ0n) is 30.4. The Morgan fingerprint density at radius 1 is 0.925 bits per heavy atom. The number of hydrogen-bond acceptors (Lipinski definition) is 7. The lowest BCUT2D eigenvalue weighted by molar-refractivity contribution is -0.142. The van der Waals surface area contributed by atoms with Gasteiger partial charge in [0.05, 0.1) is 11.3 Å². The van der Waals surface area contributed by atoms with Gasteiger partial charge < -0.3 is 31.3 Å². The van der Waals surface area contributed by atoms with E-state index in [9.17, 15) is 37.5 Å². The fourth-order valence-corrected chi connectivity index (χ4v) is 7.74. The Bertz CT molecular complexity index is 1870. The van der Waals surface area contributed by atoms with Crippen molar-refractivity contribution in [3.05, 3.63) is 90.0 Å². The summed E-state index contributed by atoms with van der Waals surface area (Å²) in [4.78, 5) is 65.9. The molecule has 1 aliphatic heterocycles. The van der Waals surface area contributed by atoms with Crippen LogP contribution in [-0.2, 0) is 35.6 Å². The zero-order valence-corrected chi connectivity index (χ0v) is 31.2. The van der Waals surface area contributed by atoms with Crippen molar-refractivity contribution < 1.29 is 37.5 Å². The van der Waals surface area contributed by atoms with E-state index in [1.807, 2.05) is 39.0 Å². The van der Waals surface area contributed by atoms with Gasteiger partial charge in [-0.1, -0.05) is 62.4 Å². The van der Waals surface area contributed by atoms with Gasteiger partial charge in [0, 0.05) is 31.5 Å². The number of benzene rings is 3. The maximum atomic E-state index is 13.4. The van der Waals surface area contributed by atoms with Gasteiger partial charge in [-0.15, -0.1) is 0 Å². The van der Waals surface area contributed by atoms with Crippen LogP contribution >= 0.6 is 0 Å². The quantitative estimate of drug-likeness (QED) is 0.145. The Balaban J connectivity index is 1.30. The lowest BCUT2D eigenvalue weighted by atomic mass is 10.0. The van der Waals surface area contributed by atoms with Gasteiger partial charge >= 0.3 is 12.0 Å². The van der Waals surface area contributed by atoms with Gasteiger partial charge in [0.2, 0.25) is 27.7 Å². The number of carbonyl (C=O) groups excluding carboxylic acids is 4. The van der Waals surface area contributed by atoms with Crippen molar-refractivity contribution in [1.82, 2.24) is 19.8 Å². The Labute approximate surface area is 310 Å². The minimum absolute atomic E-state index is 0.000637. The third-order valence-corrected chi connectivity index (χ3v) is 10.9. The van der Waals surface area contributed by atoms with Crippen LogP contribution in [-0.4, -0.2) is 90.7 Å². The van der Waals surface area contributed by atoms with Gasteiger partial charge in [-0.05, 0) is 80.0 Å². The molecule has 5 amide bonds. The topological polar surface area (TPSA) is 194 Å². The van der Waals surface area contributed by atoms with Crippen molar-refractivity contribution in [2.24, 2.45) is 5.92 Å². The Morgan fingerprint density at radius 3 is 2.23 bits per heavy atom. The molecule has 0 radical (unpaired) electrons. The molecular formula is C38H48N6O8S. The highest BCUT2D eigenvalue weighted by molar-refractivity contribution is 7.89. The van der Waals surface area contributed by atoms with E-state index in [1.165, 1.54) is 24.1 Å². The normalized spacial score (nSPS) is 15.6. The minimum atomic E-state index is -3.97. The number of hydrogen-bond donors (Lipinski definition) is 5. The van der Waals surface area contributed by atoms with Gasteiger partial charge in [-0.3, -0.25) is 14.4 Å². The summed E-state index contributed by atoms with van der Waals surface area (Å²) in [6.45, 7) is 5.74. The van der Waals surface area contributed by atoms with Crippen molar-refractivity contribution in [2.75, 3.05) is 30.8 Å². The Morgan fingerprint density at radius 2 is 1.58 bits per heavy atom. The highest BCUT2D eigenvalue weighted by atomic mass is 32.2. The SMILES string of the molecule is Cc1ccccc1NC(=O)Nc1ccc(CC(=O)N(C)[C@@H](CC(C)C)C(=O)NCC[C@@H](NC(=O)[C@H]2CCCN2S(=O)(=O)c2ccccc2)C(=O)O)cc1. The van der Waals surface area contributed by atoms with Gasteiger partial charge in [0.1, 0.15) is 18.1 Å². The van der Waals surface area contributed by atoms with Gasteiger partial charge in [-0.2, -0.15) is 4.31 Å². The predicted molar refractivity (Wildman–Crippen MR) is 201 cm³/mol. The molecular weight excluding hydrogens is 701 g/mol. The van der Waals surface area contributed by atoms with Crippen LogP contribution in [0, 0.1) is 12.8 Å². The first-order valence-corrected chi connectivity index (χ1v) is 19.0. The first-order chi connectivity index (χ1) is 25.2. The smallest absolute Gasteiger partial charge is 0.326 e. The predicted octanol–water partition coefficient (Wildman–Crippen LogP) is 3.98. The first kappa shape index (κ1) is 40.5. The molecule has 0 bridgehead atoms. The molecule has 284 valence electrons. The van der Waals surface area contributed by atoms with Crippen LogP contribution in [0.3, 0.4) is 0 Å². The number of nitrogens with one attached hydrogen (secondary N) is 4. The number of aryl methyl sites for hydroxylation is 1. The maximum Gasteiger partial charge on any atom is 0.326 e. The Kier molecular flexibility index (Phi) is 14.1. The summed E-state index contributed by atoms with van der Waals surface area (Å²) in [7, 11) is -2.43. The standard InChI is InChI=1S/C38H48N6O8S/c1-25(2)23-33(43(4)34(45)24-27-16-18-28(19-17-27)40-38(50)42-30-14-9-8-11-26(30)3)35(46)39-21-20-31(37(48)49)41-36(47)32-15-10-22-44(32)53(51,52)29-12-6-5-7-13-29/h5-9,11-14,16-19,25,31-33H,10,15,20-24H2,1-4H3,(H,39,46)(H,41,47)(H,48,49)(H2,40,42,50)/t31-,32-,33+/m1/s1. The third-order valence-electron chi connectivity index (χ3n) is 9.02. The van der Waals surface area contributed by atoms with Crippen LogP contribution in [0.15, 0.2) is 83.8 Å². The van der Waals surface area contributed by atoms with E-state index < -0.39 is 52.0 Å². The maximum absolute atomic E-state index is 13.4. The number of nitrogens with zero attached hydrogens (tertiary/aromatic N) is 2. The van der Waals surface area contributed by atoms with Gasteiger partial charge in [0.25, 0.3) is 0 Å². The van der Waals surface area contributed by atoms with Gasteiger partial charge in [-0.25, -0.2) is 18.0 Å². The van der Waals surface area contributed by atoms with E-state index in [-0.39, 0.29) is 49.1 Å². The molecule has 5 N–H and O–H groups in total. The third kappa shape index (κ3) is 11.1. The number of carboxylic acids is 1. The molecule has 1 aliphatic rings. The number of anilines is 2. The second-order valence-electron chi connectivity index (χ2n) is 13.5. The fourth-order valence-electron chi connectivity index (χ4n) is 6.06. The minimum Gasteiger partial charge on any atom is -0.480 e. The average Bonchev–Trinajstić information content (AvgIpc) is 3.63. The molecule has 3 atom stereocenters. The van der Waals surface area contributed by atoms with Crippen LogP contribution in [0.2, 0.25) is 0 Å². The highest BCUT2D eigenvalue weighted by Gasteiger charge is 2.40. The van der Waals surface area contributed by atoms with Crippen LogP contribution < -0.4 is 21.3 Å². The van der Waals surface area contributed by atoms with Crippen molar-refractivity contribution in [3.63, 3.8) is 0 Å². The molecule has 0 saturated carbocycles. The number of likely N-dealkylation sites (N-methyl/N-ethyl adjacent to an activating group) is 1. The molecule has 1 saturated heterocycles. The van der Waals surface area contributed by atoms with Crippen LogP contribution in [0.25, 0.3) is 0 Å². The number of rotatable bonds is 16. The number of aliphatic carboxylic acids is 1. The molecule has 14 nitrogen and oxygen atoms in total. The fraction of sp³-hybridized carbons (Fsp3) is 0.395. The second-order valence-corrected chi connectivity index (χ2v) is 15.4. The van der Waals surface area contributed by atoms with Crippen molar-refractivity contribution in [2.45, 2.75) is 75.9 Å². The molecule has 0 aromatic heterocycles.